The molecule has 0 aliphatic heterocycles. The number of hydrogen-bond acceptors (Lipinski definition) is 6. The van der Waals surface area contributed by atoms with Gasteiger partial charge in [0.2, 0.25) is 0 Å². The Kier molecular flexibility index (Phi) is 40.0. The van der Waals surface area contributed by atoms with Crippen LogP contribution in [0.25, 0.3) is 0 Å². The minimum absolute atomic E-state index is 0.0824. The Balaban J connectivity index is 4.41. The van der Waals surface area contributed by atoms with Gasteiger partial charge in [0.15, 0.2) is 6.10 Å². The number of carbonyl (C=O) groups is 3. The first-order valence-corrected chi connectivity index (χ1v) is 22.1. The van der Waals surface area contributed by atoms with Crippen LogP contribution >= 0.6 is 0 Å². The summed E-state index contributed by atoms with van der Waals surface area (Å²) in [7, 11) is 0. The Morgan fingerprint density at radius 2 is 0.736 bits per heavy atom. The Morgan fingerprint density at radius 1 is 0.396 bits per heavy atom. The molecule has 6 heteroatoms. The maximum Gasteiger partial charge on any atom is 0.306 e. The van der Waals surface area contributed by atoms with E-state index in [0.29, 0.717) is 19.3 Å². The predicted octanol–water partition coefficient (Wildman–Crippen LogP) is 14.0. The molecule has 1 atom stereocenters. The number of ether oxygens (including phenoxy) is 3. The lowest BCUT2D eigenvalue weighted by Gasteiger charge is -2.18. The van der Waals surface area contributed by atoms with Crippen LogP contribution in [0.15, 0.2) is 48.6 Å². The van der Waals surface area contributed by atoms with Crippen LogP contribution in [0.5, 0.6) is 0 Å². The summed E-state index contributed by atoms with van der Waals surface area (Å²) in [6, 6.07) is 0. The normalized spacial score (nSPS) is 12.4. The van der Waals surface area contributed by atoms with Gasteiger partial charge in [-0.25, -0.2) is 0 Å². The molecule has 6 nitrogen and oxygen atoms in total. The molecule has 0 aromatic rings. The summed E-state index contributed by atoms with van der Waals surface area (Å²) in [6.45, 7) is 6.37. The highest BCUT2D eigenvalue weighted by atomic mass is 16.6. The van der Waals surface area contributed by atoms with Crippen molar-refractivity contribution in [3.63, 3.8) is 0 Å². The highest BCUT2D eigenvalue weighted by Gasteiger charge is 2.19. The van der Waals surface area contributed by atoms with Crippen molar-refractivity contribution >= 4 is 17.9 Å². The second-order valence-electron chi connectivity index (χ2n) is 14.5. The van der Waals surface area contributed by atoms with Crippen LogP contribution in [0.4, 0.5) is 0 Å². The van der Waals surface area contributed by atoms with E-state index in [4.69, 9.17) is 14.2 Å². The van der Waals surface area contributed by atoms with E-state index in [-0.39, 0.29) is 31.1 Å². The summed E-state index contributed by atoms with van der Waals surface area (Å²) in [5, 5.41) is 0. The monoisotopic (exact) mass is 743 g/mol. The van der Waals surface area contributed by atoms with Crippen LogP contribution in [0.3, 0.4) is 0 Å². The second kappa shape index (κ2) is 42.1. The van der Waals surface area contributed by atoms with Gasteiger partial charge in [-0.15, -0.1) is 0 Å². The molecule has 0 N–H and O–H groups in total. The van der Waals surface area contributed by atoms with E-state index in [1.165, 1.54) is 57.8 Å². The third-order valence-electron chi connectivity index (χ3n) is 9.33. The maximum atomic E-state index is 12.7. The highest BCUT2D eigenvalue weighted by molar-refractivity contribution is 5.71. The fourth-order valence-corrected chi connectivity index (χ4v) is 6.05. The number of esters is 3. The molecule has 0 radical (unpaired) electrons. The number of allylic oxidation sites excluding steroid dienone is 8. The van der Waals surface area contributed by atoms with Gasteiger partial charge in [-0.3, -0.25) is 14.4 Å². The van der Waals surface area contributed by atoms with Crippen LogP contribution in [-0.4, -0.2) is 37.2 Å². The second-order valence-corrected chi connectivity index (χ2v) is 14.5. The molecule has 0 aliphatic rings. The van der Waals surface area contributed by atoms with E-state index in [0.717, 1.165) is 116 Å². The minimum Gasteiger partial charge on any atom is -0.462 e. The first-order chi connectivity index (χ1) is 26.0. The maximum absolute atomic E-state index is 12.7. The lowest BCUT2D eigenvalue weighted by Crippen LogP contribution is -2.30. The topological polar surface area (TPSA) is 78.9 Å². The van der Waals surface area contributed by atoms with Gasteiger partial charge in [0, 0.05) is 19.3 Å². The smallest absolute Gasteiger partial charge is 0.306 e. The fourth-order valence-electron chi connectivity index (χ4n) is 6.05. The van der Waals surface area contributed by atoms with Gasteiger partial charge in [-0.05, 0) is 70.6 Å². The van der Waals surface area contributed by atoms with Gasteiger partial charge < -0.3 is 14.2 Å². The van der Waals surface area contributed by atoms with E-state index in [1.807, 2.05) is 0 Å². The first-order valence-electron chi connectivity index (χ1n) is 22.1. The molecule has 0 saturated carbocycles. The Bertz CT molecular complexity index is 949. The zero-order valence-electron chi connectivity index (χ0n) is 34.8. The largest absolute Gasteiger partial charge is 0.462 e. The van der Waals surface area contributed by atoms with Gasteiger partial charge >= 0.3 is 17.9 Å². The summed E-state index contributed by atoms with van der Waals surface area (Å²) in [6.07, 6.45) is 48.1. The molecule has 0 rings (SSSR count). The quantitative estimate of drug-likeness (QED) is 0.0270. The highest BCUT2D eigenvalue weighted by Crippen LogP contribution is 2.14. The van der Waals surface area contributed by atoms with Crippen molar-refractivity contribution in [1.82, 2.24) is 0 Å². The molecule has 0 fully saturated rings. The summed E-state index contributed by atoms with van der Waals surface area (Å²) in [5.41, 5.74) is 0. The molecule has 0 aromatic heterocycles. The van der Waals surface area contributed by atoms with Crippen LogP contribution in [0, 0.1) is 0 Å². The zero-order valence-corrected chi connectivity index (χ0v) is 34.8. The van der Waals surface area contributed by atoms with Gasteiger partial charge in [-0.1, -0.05) is 172 Å². The molecule has 0 aromatic carbocycles. The van der Waals surface area contributed by atoms with Gasteiger partial charge in [0.25, 0.3) is 0 Å². The van der Waals surface area contributed by atoms with E-state index < -0.39 is 6.10 Å². The third-order valence-corrected chi connectivity index (χ3v) is 9.33. The average Bonchev–Trinajstić information content (AvgIpc) is 3.15. The summed E-state index contributed by atoms with van der Waals surface area (Å²) >= 11 is 0. The van der Waals surface area contributed by atoms with Crippen molar-refractivity contribution in [2.24, 2.45) is 0 Å². The molecule has 0 saturated heterocycles. The van der Waals surface area contributed by atoms with Gasteiger partial charge in [0.05, 0.1) is 0 Å². The van der Waals surface area contributed by atoms with E-state index in [9.17, 15) is 14.4 Å². The Labute approximate surface area is 327 Å². The number of rotatable bonds is 39. The molecule has 306 valence electrons. The van der Waals surface area contributed by atoms with Gasteiger partial charge in [-0.2, -0.15) is 0 Å². The van der Waals surface area contributed by atoms with Crippen molar-refractivity contribution in [1.29, 1.82) is 0 Å². The molecule has 0 spiro atoms. The first kappa shape index (κ1) is 50.4. The zero-order chi connectivity index (χ0) is 38.7. The molecular formula is C47H82O6. The molecule has 0 bridgehead atoms. The fraction of sp³-hybridized carbons (Fsp3) is 0.766. The van der Waals surface area contributed by atoms with Crippen LogP contribution in [0.1, 0.15) is 213 Å². The van der Waals surface area contributed by atoms with E-state index >= 15 is 0 Å². The predicted molar refractivity (Wildman–Crippen MR) is 224 cm³/mol. The number of carbonyl (C=O) groups excluding carboxylic acids is 3. The molecule has 0 aliphatic carbocycles. The molecule has 1 unspecified atom stereocenters. The lowest BCUT2D eigenvalue weighted by molar-refractivity contribution is -0.167. The minimum atomic E-state index is -0.780. The standard InChI is InChI=1S/C47H82O6/c1-4-7-10-13-16-19-22-25-28-31-34-37-40-46(49)52-43-44(42-51-45(48)39-36-33-30-27-24-21-18-15-12-9-6-3)53-47(50)41-38-35-32-29-26-23-20-17-14-11-8-5-2/h7-8,10-11,16-17,19-20,44H,4-6,9,12-15,18,21-43H2,1-3H3/b10-7-,11-8-,19-16-,20-17-. The van der Waals surface area contributed by atoms with Crippen LogP contribution < -0.4 is 0 Å². The summed E-state index contributed by atoms with van der Waals surface area (Å²) in [5.74, 6) is -0.916. The average molecular weight is 743 g/mol. The molecule has 0 amide bonds. The lowest BCUT2D eigenvalue weighted by atomic mass is 10.1. The third kappa shape index (κ3) is 40.4. The van der Waals surface area contributed by atoms with Crippen LogP contribution in [-0.2, 0) is 28.6 Å². The summed E-state index contributed by atoms with van der Waals surface area (Å²) in [4.78, 5) is 37.7. The van der Waals surface area contributed by atoms with Crippen molar-refractivity contribution < 1.29 is 28.6 Å². The molecule has 0 heterocycles. The van der Waals surface area contributed by atoms with Gasteiger partial charge in [0.1, 0.15) is 13.2 Å². The van der Waals surface area contributed by atoms with Crippen molar-refractivity contribution in [2.75, 3.05) is 13.2 Å². The van der Waals surface area contributed by atoms with Crippen LogP contribution in [0.2, 0.25) is 0 Å². The number of unbranched alkanes of at least 4 members (excludes halogenated alkanes) is 20. The van der Waals surface area contributed by atoms with E-state index in [2.05, 4.69) is 69.4 Å². The van der Waals surface area contributed by atoms with Crippen molar-refractivity contribution in [3.8, 4) is 0 Å². The Morgan fingerprint density at radius 3 is 1.13 bits per heavy atom. The summed E-state index contributed by atoms with van der Waals surface area (Å²) < 4.78 is 16.7. The van der Waals surface area contributed by atoms with Crippen molar-refractivity contribution in [2.45, 2.75) is 219 Å². The Hall–Kier alpha value is -2.63. The number of hydrogen-bond donors (Lipinski definition) is 0. The van der Waals surface area contributed by atoms with Crippen molar-refractivity contribution in [3.05, 3.63) is 48.6 Å². The molecular weight excluding hydrogens is 661 g/mol. The van der Waals surface area contributed by atoms with E-state index in [1.54, 1.807) is 0 Å². The SMILES string of the molecule is CC/C=C\C/C=C\CCCCCCCC(=O)OCC(COC(=O)CCCCCCCCCCCCC)OC(=O)CCCCCCC/C=C\C/C=C\CC. The molecule has 53 heavy (non-hydrogen) atoms.